The average Bonchev–Trinajstić information content (AvgIpc) is 2.66. The van der Waals surface area contributed by atoms with Gasteiger partial charge in [0.15, 0.2) is 5.96 Å². The molecule has 0 unspecified atom stereocenters. The van der Waals surface area contributed by atoms with Crippen molar-refractivity contribution in [2.45, 2.75) is 32.7 Å². The lowest BCUT2D eigenvalue weighted by Crippen LogP contribution is -2.39. The minimum absolute atomic E-state index is 0.0195. The third kappa shape index (κ3) is 7.40. The summed E-state index contributed by atoms with van der Waals surface area (Å²) in [6.45, 7) is 3.98. The van der Waals surface area contributed by atoms with E-state index in [1.807, 2.05) is 37.1 Å². The van der Waals surface area contributed by atoms with Crippen LogP contribution in [0, 0.1) is 5.92 Å². The number of hydrogen-bond donors (Lipinski definition) is 2. The van der Waals surface area contributed by atoms with Crippen LogP contribution >= 0.6 is 0 Å². The Balaban J connectivity index is 1.96. The average molecular weight is 427 g/mol. The fourth-order valence-corrected chi connectivity index (χ4v) is 4.03. The minimum Gasteiger partial charge on any atom is -0.497 e. The van der Waals surface area contributed by atoms with Gasteiger partial charge in [-0.25, -0.2) is 13.1 Å². The number of hydrogen-bond acceptors (Lipinski definition) is 5. The highest BCUT2D eigenvalue weighted by Crippen LogP contribution is 2.26. The smallest absolute Gasteiger partial charge is 0.213 e. The van der Waals surface area contributed by atoms with Crippen molar-refractivity contribution < 1.29 is 17.9 Å². The van der Waals surface area contributed by atoms with Gasteiger partial charge in [-0.1, -0.05) is 6.42 Å². The molecule has 1 aliphatic rings. The molecule has 2 N–H and O–H groups in total. The van der Waals surface area contributed by atoms with Gasteiger partial charge in [0, 0.05) is 38.3 Å². The SMILES string of the molecule is CCNC(=NCCS(=O)(=O)NCC1CCC1)N(C)Cc1ccc(OC)cc1OC. The summed E-state index contributed by atoms with van der Waals surface area (Å²) in [6, 6.07) is 5.68. The van der Waals surface area contributed by atoms with E-state index in [0.29, 0.717) is 31.5 Å². The first-order valence-electron chi connectivity index (χ1n) is 10.1. The predicted octanol–water partition coefficient (Wildman–Crippen LogP) is 1.82. The zero-order chi connectivity index (χ0) is 21.3. The van der Waals surface area contributed by atoms with Gasteiger partial charge in [0.1, 0.15) is 11.5 Å². The van der Waals surface area contributed by atoms with Gasteiger partial charge >= 0.3 is 0 Å². The van der Waals surface area contributed by atoms with E-state index in [4.69, 9.17) is 9.47 Å². The van der Waals surface area contributed by atoms with Crippen LogP contribution in [-0.2, 0) is 16.6 Å². The van der Waals surface area contributed by atoms with Gasteiger partial charge < -0.3 is 19.7 Å². The summed E-state index contributed by atoms with van der Waals surface area (Å²) in [6.07, 6.45) is 3.43. The molecule has 29 heavy (non-hydrogen) atoms. The molecule has 0 aliphatic heterocycles. The number of rotatable bonds is 11. The number of nitrogens with one attached hydrogen (secondary N) is 2. The van der Waals surface area contributed by atoms with Crippen LogP contribution in [0.1, 0.15) is 31.7 Å². The predicted molar refractivity (Wildman–Crippen MR) is 116 cm³/mol. The van der Waals surface area contributed by atoms with Crippen LogP contribution in [0.2, 0.25) is 0 Å². The number of methoxy groups -OCH3 is 2. The fraction of sp³-hybridized carbons (Fsp3) is 0.650. The van der Waals surface area contributed by atoms with Crippen molar-refractivity contribution in [2.24, 2.45) is 10.9 Å². The summed E-state index contributed by atoms with van der Waals surface area (Å²) >= 11 is 0. The van der Waals surface area contributed by atoms with Crippen molar-refractivity contribution in [1.29, 1.82) is 0 Å². The monoisotopic (exact) mass is 426 g/mol. The molecule has 0 aromatic heterocycles. The van der Waals surface area contributed by atoms with Crippen molar-refractivity contribution in [3.05, 3.63) is 23.8 Å². The van der Waals surface area contributed by atoms with Crippen molar-refractivity contribution >= 4 is 16.0 Å². The topological polar surface area (TPSA) is 92.3 Å². The molecule has 0 radical (unpaired) electrons. The quantitative estimate of drug-likeness (QED) is 0.414. The second-order valence-corrected chi connectivity index (χ2v) is 9.16. The van der Waals surface area contributed by atoms with Gasteiger partial charge in [0.05, 0.1) is 26.5 Å². The van der Waals surface area contributed by atoms with E-state index in [9.17, 15) is 8.42 Å². The number of guanidine groups is 1. The molecular formula is C20H34N4O4S. The van der Waals surface area contributed by atoms with Gasteiger partial charge in [-0.15, -0.1) is 0 Å². The van der Waals surface area contributed by atoms with E-state index >= 15 is 0 Å². The Morgan fingerprint density at radius 1 is 1.28 bits per heavy atom. The minimum atomic E-state index is -3.30. The molecule has 0 saturated heterocycles. The number of benzene rings is 1. The third-order valence-corrected chi connectivity index (χ3v) is 6.36. The van der Waals surface area contributed by atoms with Crippen molar-refractivity contribution in [2.75, 3.05) is 46.7 Å². The van der Waals surface area contributed by atoms with Gasteiger partial charge in [-0.2, -0.15) is 0 Å². The zero-order valence-electron chi connectivity index (χ0n) is 17.9. The number of sulfonamides is 1. The summed E-state index contributed by atoms with van der Waals surface area (Å²) in [5.74, 6) is 2.59. The Hall–Kier alpha value is -2.00. The summed E-state index contributed by atoms with van der Waals surface area (Å²) in [4.78, 5) is 6.44. The van der Waals surface area contributed by atoms with Crippen molar-refractivity contribution in [3.8, 4) is 11.5 Å². The highest BCUT2D eigenvalue weighted by atomic mass is 32.2. The second-order valence-electron chi connectivity index (χ2n) is 7.23. The maximum absolute atomic E-state index is 12.2. The summed E-state index contributed by atoms with van der Waals surface area (Å²) in [7, 11) is 1.85. The molecule has 1 fully saturated rings. The van der Waals surface area contributed by atoms with Crippen LogP contribution in [0.15, 0.2) is 23.2 Å². The van der Waals surface area contributed by atoms with E-state index < -0.39 is 10.0 Å². The van der Waals surface area contributed by atoms with Crippen LogP contribution in [0.4, 0.5) is 0 Å². The number of ether oxygens (including phenoxy) is 2. The Morgan fingerprint density at radius 2 is 2.03 bits per heavy atom. The van der Waals surface area contributed by atoms with Crippen LogP contribution in [0.3, 0.4) is 0 Å². The number of nitrogens with zero attached hydrogens (tertiary/aromatic N) is 2. The molecule has 0 spiro atoms. The van der Waals surface area contributed by atoms with E-state index in [0.717, 1.165) is 29.9 Å². The highest BCUT2D eigenvalue weighted by molar-refractivity contribution is 7.89. The van der Waals surface area contributed by atoms with E-state index in [1.165, 1.54) is 6.42 Å². The molecule has 1 aromatic rings. The molecule has 1 saturated carbocycles. The molecule has 0 atom stereocenters. The standard InChI is InChI=1S/C20H34N4O4S/c1-5-21-20(22-11-12-29(25,26)23-14-16-7-6-8-16)24(2)15-17-9-10-18(27-3)13-19(17)28-4/h9-10,13,16,23H,5-8,11-12,14-15H2,1-4H3,(H,21,22). The fourth-order valence-electron chi connectivity index (χ4n) is 3.07. The highest BCUT2D eigenvalue weighted by Gasteiger charge is 2.20. The first-order valence-corrected chi connectivity index (χ1v) is 11.7. The number of aliphatic imine (C=N–C) groups is 1. The molecular weight excluding hydrogens is 392 g/mol. The van der Waals surface area contributed by atoms with Gasteiger partial charge in [0.2, 0.25) is 10.0 Å². The molecule has 164 valence electrons. The molecule has 0 heterocycles. The molecule has 0 bridgehead atoms. The maximum Gasteiger partial charge on any atom is 0.213 e. The Bertz CT molecular complexity index is 779. The van der Waals surface area contributed by atoms with Gasteiger partial charge in [0.25, 0.3) is 0 Å². The van der Waals surface area contributed by atoms with E-state index in [2.05, 4.69) is 15.0 Å². The van der Waals surface area contributed by atoms with Gasteiger partial charge in [-0.3, -0.25) is 4.99 Å². The Kier molecular flexibility index (Phi) is 9.03. The summed E-state index contributed by atoms with van der Waals surface area (Å²) < 4.78 is 37.8. The lowest BCUT2D eigenvalue weighted by molar-refractivity contribution is 0.316. The van der Waals surface area contributed by atoms with Crippen LogP contribution in [-0.4, -0.2) is 65.9 Å². The third-order valence-electron chi connectivity index (χ3n) is 5.04. The Labute approximate surface area is 174 Å². The van der Waals surface area contributed by atoms with Crippen molar-refractivity contribution in [1.82, 2.24) is 14.9 Å². The first kappa shape index (κ1) is 23.3. The molecule has 1 aromatic carbocycles. The van der Waals surface area contributed by atoms with Gasteiger partial charge in [-0.05, 0) is 37.8 Å². The summed E-state index contributed by atoms with van der Waals surface area (Å²) in [5.41, 5.74) is 0.983. The lowest BCUT2D eigenvalue weighted by Gasteiger charge is -2.25. The normalized spacial score (nSPS) is 15.0. The molecule has 1 aliphatic carbocycles. The van der Waals surface area contributed by atoms with Crippen LogP contribution in [0.25, 0.3) is 0 Å². The van der Waals surface area contributed by atoms with E-state index in [1.54, 1.807) is 14.2 Å². The Morgan fingerprint density at radius 3 is 2.62 bits per heavy atom. The van der Waals surface area contributed by atoms with E-state index in [-0.39, 0.29) is 12.3 Å². The molecule has 8 nitrogen and oxygen atoms in total. The molecule has 9 heteroatoms. The van der Waals surface area contributed by atoms with Crippen LogP contribution in [0.5, 0.6) is 11.5 Å². The zero-order valence-corrected chi connectivity index (χ0v) is 18.7. The maximum atomic E-state index is 12.2. The summed E-state index contributed by atoms with van der Waals surface area (Å²) in [5, 5.41) is 3.21. The molecule has 2 rings (SSSR count). The van der Waals surface area contributed by atoms with Crippen molar-refractivity contribution in [3.63, 3.8) is 0 Å². The molecule has 0 amide bonds. The first-order chi connectivity index (χ1) is 13.9. The second kappa shape index (κ2) is 11.3. The lowest BCUT2D eigenvalue weighted by atomic mass is 9.86. The van der Waals surface area contributed by atoms with Crippen LogP contribution < -0.4 is 19.5 Å². The largest absolute Gasteiger partial charge is 0.497 e.